The highest BCUT2D eigenvalue weighted by atomic mass is 32.1. The summed E-state index contributed by atoms with van der Waals surface area (Å²) < 4.78 is 35.5. The Morgan fingerprint density at radius 3 is 1.34 bits per heavy atom. The van der Waals surface area contributed by atoms with E-state index < -0.39 is 5.97 Å². The molecule has 0 unspecified atom stereocenters. The Morgan fingerprint density at radius 1 is 0.518 bits per heavy atom. The topological polar surface area (TPSA) is 297 Å². The molecule has 8 N–H and O–H groups in total. The number of H-pyrrole nitrogens is 2. The van der Waals surface area contributed by atoms with Gasteiger partial charge in [-0.2, -0.15) is 0 Å². The summed E-state index contributed by atoms with van der Waals surface area (Å²) in [7, 11) is 7.41. The molecule has 0 radical (unpaired) electrons. The molecule has 6 aromatic carbocycles. The summed E-state index contributed by atoms with van der Waals surface area (Å²) in [5, 5.41) is 18.8. The number of Topliss-reactive ketones (excluding diaryl/α,β-unsaturated/α-hetero) is 3. The number of halogens is 2. The molecular formula is C57H50F2N18O5S. The van der Waals surface area contributed by atoms with E-state index in [2.05, 4.69) is 60.8 Å². The van der Waals surface area contributed by atoms with Gasteiger partial charge in [0.2, 0.25) is 35.7 Å². The number of nitrogens with one attached hydrogen (secondary N) is 5. The molecule has 418 valence electrons. The SMILES string of the molecule is CC(=O)c1ccc2c(c1)nc(N)n2C.CC(=O)c1ccc2c(c1)nc(NC(=S)n1ccnc1)n2C.CC(=O)c1ccc2c(c1)nc(Nc1nc3ccc(F)cc3[nH]1)n2C.Cn1c(Nc2nc3ccc(F)cc3[nH]2)nc2cc(C(=O)O)ccc21. The van der Waals surface area contributed by atoms with Crippen LogP contribution in [0.5, 0.6) is 0 Å². The van der Waals surface area contributed by atoms with Gasteiger partial charge < -0.3 is 44.4 Å². The molecule has 0 aliphatic rings. The van der Waals surface area contributed by atoms with Crippen LogP contribution in [0.2, 0.25) is 0 Å². The Hall–Kier alpha value is -11.0. The van der Waals surface area contributed by atoms with Crippen LogP contribution >= 0.6 is 12.2 Å². The quantitative estimate of drug-likeness (QED) is 0.0522. The fourth-order valence-electron chi connectivity index (χ4n) is 8.78. The lowest BCUT2D eigenvalue weighted by Crippen LogP contribution is -2.19. The summed E-state index contributed by atoms with van der Waals surface area (Å²) in [6.07, 6.45) is 5.03. The zero-order valence-corrected chi connectivity index (χ0v) is 46.1. The van der Waals surface area contributed by atoms with E-state index in [1.807, 2.05) is 48.5 Å². The molecule has 0 saturated heterocycles. The van der Waals surface area contributed by atoms with Crippen LogP contribution in [0.4, 0.5) is 44.5 Å². The van der Waals surface area contributed by atoms with Gasteiger partial charge in [-0.15, -0.1) is 0 Å². The van der Waals surface area contributed by atoms with Gasteiger partial charge in [-0.25, -0.2) is 48.5 Å². The van der Waals surface area contributed by atoms with Crippen molar-refractivity contribution >= 4 is 143 Å². The average molecular weight is 1140 g/mol. The second-order valence-corrected chi connectivity index (χ2v) is 19.3. The summed E-state index contributed by atoms with van der Waals surface area (Å²) in [4.78, 5) is 81.3. The first-order valence-corrected chi connectivity index (χ1v) is 25.6. The molecule has 0 bridgehead atoms. The van der Waals surface area contributed by atoms with Gasteiger partial charge in [-0.05, 0) is 142 Å². The van der Waals surface area contributed by atoms with Crippen molar-refractivity contribution in [1.29, 1.82) is 0 Å². The smallest absolute Gasteiger partial charge is 0.335 e. The summed E-state index contributed by atoms with van der Waals surface area (Å²) >= 11 is 5.29. The number of hydrogen-bond donors (Lipinski definition) is 7. The zero-order chi connectivity index (χ0) is 59.0. The number of carbonyl (C=O) groups excluding carboxylic acids is 3. The molecule has 83 heavy (non-hydrogen) atoms. The Balaban J connectivity index is 0.000000126. The number of fused-ring (bicyclic) bond motifs is 6. The normalized spacial score (nSPS) is 11.0. The number of aromatic carboxylic acids is 1. The van der Waals surface area contributed by atoms with E-state index in [1.165, 1.54) is 57.2 Å². The molecule has 7 heterocycles. The molecule has 13 aromatic rings. The molecule has 23 nitrogen and oxygen atoms in total. The van der Waals surface area contributed by atoms with Crippen LogP contribution in [0.1, 0.15) is 62.2 Å². The standard InChI is InChI=1S/C17H14FN5O.C16H12FN5O2.C14H13N5OS.C10H11N3O/c1-9(24)10-3-6-15-14(7-10)21-17(23(15)2)22-16-19-12-5-4-11(18)8-13(12)20-16;1-22-13-5-2-8(14(23)24)6-12(13)20-16(22)21-15-18-10-4-3-9(17)7-11(10)19-15;1-9(20)10-3-4-12-11(7-10)16-13(18(12)2)17-14(21)19-6-5-15-8-19;1-6(14)7-3-4-9-8(5-7)12-10(11)13(9)2/h3-8H,1-2H3,(H2,19,20,21,22);2-7H,1H3,(H,23,24)(H2,18,19,20,21);3-8H,1-2H3,(H,16,17,21);3-5H,1-2H3,(H2,11,12). The molecule has 0 fully saturated rings. The van der Waals surface area contributed by atoms with Gasteiger partial charge in [0, 0.05) is 57.3 Å². The number of nitrogens with zero attached hydrogens (tertiary/aromatic N) is 12. The van der Waals surface area contributed by atoms with Crippen LogP contribution in [0.25, 0.3) is 66.2 Å². The summed E-state index contributed by atoms with van der Waals surface area (Å²) in [5.74, 6) is 1.42. The van der Waals surface area contributed by atoms with Crippen LogP contribution in [0.3, 0.4) is 0 Å². The van der Waals surface area contributed by atoms with E-state index in [4.69, 9.17) is 23.1 Å². The first-order valence-electron chi connectivity index (χ1n) is 25.2. The van der Waals surface area contributed by atoms with Crippen molar-refractivity contribution in [2.45, 2.75) is 20.8 Å². The second-order valence-electron chi connectivity index (χ2n) is 18.9. The van der Waals surface area contributed by atoms with Gasteiger partial charge >= 0.3 is 5.97 Å². The number of hydrogen-bond acceptors (Lipinski definition) is 15. The number of carbonyl (C=O) groups is 4. The van der Waals surface area contributed by atoms with Crippen molar-refractivity contribution in [3.63, 3.8) is 0 Å². The fraction of sp³-hybridized carbons (Fsp3) is 0.123. The van der Waals surface area contributed by atoms with E-state index in [1.54, 1.807) is 94.1 Å². The number of carboxylic acids is 1. The van der Waals surface area contributed by atoms with Crippen LogP contribution < -0.4 is 21.7 Å². The molecule has 26 heteroatoms. The molecule has 0 aliphatic carbocycles. The van der Waals surface area contributed by atoms with E-state index >= 15 is 0 Å². The van der Waals surface area contributed by atoms with E-state index in [9.17, 15) is 28.0 Å². The molecule has 0 saturated carbocycles. The van der Waals surface area contributed by atoms with E-state index in [-0.39, 0.29) is 34.5 Å². The van der Waals surface area contributed by atoms with Gasteiger partial charge in [-0.1, -0.05) is 0 Å². The molecule has 0 spiro atoms. The minimum Gasteiger partial charge on any atom is -0.478 e. The minimum atomic E-state index is -1.00. The maximum Gasteiger partial charge on any atom is 0.335 e. The highest BCUT2D eigenvalue weighted by molar-refractivity contribution is 7.80. The summed E-state index contributed by atoms with van der Waals surface area (Å²) in [5.41, 5.74) is 16.5. The molecular weight excluding hydrogens is 1090 g/mol. The highest BCUT2D eigenvalue weighted by Crippen LogP contribution is 2.27. The van der Waals surface area contributed by atoms with Gasteiger partial charge in [0.1, 0.15) is 18.0 Å². The molecule has 0 atom stereocenters. The Morgan fingerprint density at radius 2 is 0.916 bits per heavy atom. The van der Waals surface area contributed by atoms with E-state index in [0.717, 1.165) is 38.6 Å². The lowest BCUT2D eigenvalue weighted by molar-refractivity contribution is 0.0696. The number of aromatic amines is 2. The predicted octanol–water partition coefficient (Wildman–Crippen LogP) is 10.1. The number of ketones is 3. The number of imidazole rings is 7. The van der Waals surface area contributed by atoms with E-state index in [0.29, 0.717) is 85.1 Å². The molecule has 13 rings (SSSR count). The Bertz CT molecular complexity index is 4530. The largest absolute Gasteiger partial charge is 0.478 e. The minimum absolute atomic E-state index is 0.00336. The maximum absolute atomic E-state index is 13.3. The third-order valence-corrected chi connectivity index (χ3v) is 13.6. The number of aromatic nitrogens is 14. The summed E-state index contributed by atoms with van der Waals surface area (Å²) in [6.45, 7) is 4.60. The van der Waals surface area contributed by atoms with Crippen LogP contribution in [0, 0.1) is 11.6 Å². The second kappa shape index (κ2) is 22.6. The monoisotopic (exact) mass is 1140 g/mol. The Labute approximate surface area is 473 Å². The van der Waals surface area contributed by atoms with Crippen molar-refractivity contribution in [2.24, 2.45) is 28.2 Å². The summed E-state index contributed by atoms with van der Waals surface area (Å²) in [6, 6.07) is 29.6. The number of carboxylic acid groups (broad SMARTS) is 1. The molecule has 0 aliphatic heterocycles. The van der Waals surface area contributed by atoms with Gasteiger partial charge in [-0.3, -0.25) is 29.6 Å². The molecule has 0 amide bonds. The van der Waals surface area contributed by atoms with Crippen LogP contribution in [0.15, 0.2) is 128 Å². The van der Waals surface area contributed by atoms with Gasteiger partial charge in [0.05, 0.1) is 71.8 Å². The third-order valence-electron chi connectivity index (χ3n) is 13.3. The first-order chi connectivity index (χ1) is 39.7. The maximum atomic E-state index is 13.3. The van der Waals surface area contributed by atoms with Crippen molar-refractivity contribution < 1.29 is 33.1 Å². The highest BCUT2D eigenvalue weighted by Gasteiger charge is 2.16. The van der Waals surface area contributed by atoms with Crippen LogP contribution in [-0.2, 0) is 28.2 Å². The molecule has 7 aromatic heterocycles. The first kappa shape index (κ1) is 55.3. The van der Waals surface area contributed by atoms with Crippen molar-refractivity contribution in [1.82, 2.24) is 67.7 Å². The fourth-order valence-corrected chi connectivity index (χ4v) is 8.98. The third kappa shape index (κ3) is 11.7. The average Bonchev–Trinajstić information content (AvgIpc) is 4.19. The van der Waals surface area contributed by atoms with Crippen molar-refractivity contribution in [3.8, 4) is 0 Å². The number of anilines is 6. The number of benzene rings is 6. The van der Waals surface area contributed by atoms with Crippen LogP contribution in [-0.4, -0.2) is 101 Å². The number of nitrogens with two attached hydrogens (primary N) is 1. The number of aryl methyl sites for hydroxylation is 4. The number of rotatable bonds is 9. The zero-order valence-electron chi connectivity index (χ0n) is 45.3. The Kier molecular flexibility index (Phi) is 15.1. The van der Waals surface area contributed by atoms with Crippen molar-refractivity contribution in [3.05, 3.63) is 162 Å². The number of thiocarbonyl (C=S) groups is 1. The number of nitrogen functional groups attached to an aromatic ring is 1. The van der Waals surface area contributed by atoms with Gasteiger partial charge in [0.15, 0.2) is 22.5 Å². The lowest BCUT2D eigenvalue weighted by atomic mass is 10.1. The lowest BCUT2D eigenvalue weighted by Gasteiger charge is -2.07. The van der Waals surface area contributed by atoms with Crippen molar-refractivity contribution in [2.75, 3.05) is 21.7 Å². The predicted molar refractivity (Wildman–Crippen MR) is 317 cm³/mol. The van der Waals surface area contributed by atoms with Gasteiger partial charge in [0.25, 0.3) is 0 Å².